The van der Waals surface area contributed by atoms with Crippen LogP contribution in [0.25, 0.3) is 0 Å². The Labute approximate surface area is 126 Å². The minimum Gasteiger partial charge on any atom is -0.480 e. The molecule has 5 nitrogen and oxygen atoms in total. The molecule has 3 N–H and O–H groups in total. The van der Waals surface area contributed by atoms with E-state index < -0.39 is 11.5 Å². The van der Waals surface area contributed by atoms with Gasteiger partial charge in [-0.2, -0.15) is 0 Å². The van der Waals surface area contributed by atoms with Crippen LogP contribution in [0.4, 0.5) is 0 Å². The average Bonchev–Trinajstić information content (AvgIpc) is 2.61. The van der Waals surface area contributed by atoms with Crippen LogP contribution in [0.2, 0.25) is 0 Å². The average molecular weight is 291 g/mol. The Morgan fingerprint density at radius 3 is 2.67 bits per heavy atom. The summed E-state index contributed by atoms with van der Waals surface area (Å²) >= 11 is 0. The zero-order valence-electron chi connectivity index (χ0n) is 12.8. The van der Waals surface area contributed by atoms with Gasteiger partial charge < -0.3 is 15.7 Å². The summed E-state index contributed by atoms with van der Waals surface area (Å²) in [7, 11) is 2.10. The Kier molecular flexibility index (Phi) is 4.98. The number of carbonyl (C=O) groups is 1. The number of carboxylic acids is 1. The zero-order chi connectivity index (χ0) is 15.5. The minimum atomic E-state index is -1.36. The Morgan fingerprint density at radius 1 is 1.38 bits per heavy atom. The van der Waals surface area contributed by atoms with Crippen LogP contribution in [0.1, 0.15) is 18.9 Å². The van der Waals surface area contributed by atoms with Crippen molar-refractivity contribution in [3.8, 4) is 0 Å². The lowest BCUT2D eigenvalue weighted by atomic mass is 9.90. The molecule has 5 heteroatoms. The van der Waals surface area contributed by atoms with Crippen LogP contribution in [-0.4, -0.2) is 60.1 Å². The molecule has 2 atom stereocenters. The van der Waals surface area contributed by atoms with Crippen LogP contribution >= 0.6 is 0 Å². The smallest absolute Gasteiger partial charge is 0.329 e. The molecule has 0 spiro atoms. The molecule has 0 amide bonds. The van der Waals surface area contributed by atoms with Gasteiger partial charge >= 0.3 is 5.97 Å². The molecule has 0 aliphatic carbocycles. The van der Waals surface area contributed by atoms with Gasteiger partial charge in [-0.05, 0) is 39.0 Å². The Balaban J connectivity index is 2.22. The molecular weight excluding hydrogens is 266 g/mol. The first kappa shape index (κ1) is 15.9. The van der Waals surface area contributed by atoms with Crippen molar-refractivity contribution in [2.24, 2.45) is 5.73 Å². The monoisotopic (exact) mass is 291 g/mol. The van der Waals surface area contributed by atoms with Gasteiger partial charge in [0.25, 0.3) is 0 Å². The molecule has 1 aliphatic heterocycles. The van der Waals surface area contributed by atoms with E-state index in [1.54, 1.807) is 12.1 Å². The maximum Gasteiger partial charge on any atom is 0.329 e. The molecule has 2 unspecified atom stereocenters. The second-order valence-corrected chi connectivity index (χ2v) is 6.08. The third kappa shape index (κ3) is 3.61. The van der Waals surface area contributed by atoms with E-state index >= 15 is 0 Å². The van der Waals surface area contributed by atoms with Crippen molar-refractivity contribution in [1.29, 1.82) is 0 Å². The number of hydrogen-bond acceptors (Lipinski definition) is 4. The van der Waals surface area contributed by atoms with Crippen LogP contribution in [0.5, 0.6) is 0 Å². The molecular formula is C16H25N3O2. The van der Waals surface area contributed by atoms with E-state index in [1.165, 1.54) is 0 Å². The summed E-state index contributed by atoms with van der Waals surface area (Å²) in [5.41, 5.74) is 5.58. The van der Waals surface area contributed by atoms with Crippen molar-refractivity contribution < 1.29 is 9.90 Å². The van der Waals surface area contributed by atoms with E-state index in [9.17, 15) is 9.90 Å². The van der Waals surface area contributed by atoms with Crippen molar-refractivity contribution in [3.63, 3.8) is 0 Å². The molecule has 116 valence electrons. The van der Waals surface area contributed by atoms with E-state index in [1.807, 2.05) is 18.2 Å². The van der Waals surface area contributed by atoms with Gasteiger partial charge in [0.15, 0.2) is 5.54 Å². The van der Waals surface area contributed by atoms with Gasteiger partial charge in [0, 0.05) is 19.1 Å². The third-order valence-corrected chi connectivity index (χ3v) is 4.31. The van der Waals surface area contributed by atoms with Crippen molar-refractivity contribution in [2.75, 3.05) is 33.2 Å². The highest BCUT2D eigenvalue weighted by Gasteiger charge is 2.39. The predicted octanol–water partition coefficient (Wildman–Crippen LogP) is 0.951. The first-order valence-corrected chi connectivity index (χ1v) is 7.44. The fourth-order valence-corrected chi connectivity index (χ4v) is 3.00. The Bertz CT molecular complexity index is 480. The fraction of sp³-hybridized carbons (Fsp3) is 0.562. The summed E-state index contributed by atoms with van der Waals surface area (Å²) in [5, 5.41) is 9.66. The van der Waals surface area contributed by atoms with Crippen molar-refractivity contribution in [3.05, 3.63) is 35.9 Å². The topological polar surface area (TPSA) is 69.8 Å². The van der Waals surface area contributed by atoms with Gasteiger partial charge in [0.05, 0.1) is 0 Å². The first-order chi connectivity index (χ1) is 9.93. The predicted molar refractivity (Wildman–Crippen MR) is 83.1 cm³/mol. The minimum absolute atomic E-state index is 0.295. The number of aliphatic carboxylic acids is 1. The van der Waals surface area contributed by atoms with Crippen LogP contribution < -0.4 is 5.73 Å². The lowest BCUT2D eigenvalue weighted by Crippen LogP contribution is -2.55. The van der Waals surface area contributed by atoms with Crippen molar-refractivity contribution in [2.45, 2.75) is 24.9 Å². The molecule has 0 radical (unpaired) electrons. The Morgan fingerprint density at radius 2 is 2.05 bits per heavy atom. The van der Waals surface area contributed by atoms with Crippen LogP contribution in [0.15, 0.2) is 30.3 Å². The number of likely N-dealkylation sites (N-methyl/N-ethyl adjacent to an activating group) is 1. The summed E-state index contributed by atoms with van der Waals surface area (Å²) in [6.07, 6.45) is 1.03. The molecule has 1 aliphatic rings. The lowest BCUT2D eigenvalue weighted by molar-refractivity contribution is -0.144. The standard InChI is InChI=1S/C16H25N3O2/c1-13-11-18(2)9-6-10-19(13)12-16(17,15(20)21)14-7-4-3-5-8-14/h3-5,7-8,13H,6,9-12,17H2,1-2H3,(H,20,21). The number of nitrogens with zero attached hydrogens (tertiary/aromatic N) is 2. The fourth-order valence-electron chi connectivity index (χ4n) is 3.00. The molecule has 1 saturated heterocycles. The van der Waals surface area contributed by atoms with E-state index in [0.717, 1.165) is 26.1 Å². The number of hydrogen-bond donors (Lipinski definition) is 2. The largest absolute Gasteiger partial charge is 0.480 e. The quantitative estimate of drug-likeness (QED) is 0.864. The molecule has 1 heterocycles. The van der Waals surface area contributed by atoms with Gasteiger partial charge in [0.2, 0.25) is 0 Å². The third-order valence-electron chi connectivity index (χ3n) is 4.31. The number of rotatable bonds is 4. The molecule has 1 fully saturated rings. The van der Waals surface area contributed by atoms with Gasteiger partial charge in [-0.3, -0.25) is 4.90 Å². The highest BCUT2D eigenvalue weighted by Crippen LogP contribution is 2.22. The highest BCUT2D eigenvalue weighted by atomic mass is 16.4. The zero-order valence-corrected chi connectivity index (χ0v) is 12.8. The summed E-state index contributed by atoms with van der Waals surface area (Å²) in [6, 6.07) is 9.42. The lowest BCUT2D eigenvalue weighted by Gasteiger charge is -2.35. The van der Waals surface area contributed by atoms with E-state index in [4.69, 9.17) is 5.73 Å². The van der Waals surface area contributed by atoms with Gasteiger partial charge in [-0.15, -0.1) is 0 Å². The number of benzene rings is 1. The van der Waals surface area contributed by atoms with Crippen molar-refractivity contribution in [1.82, 2.24) is 9.80 Å². The van der Waals surface area contributed by atoms with Crippen LogP contribution in [-0.2, 0) is 10.3 Å². The number of nitrogens with two attached hydrogens (primary N) is 1. The maximum atomic E-state index is 11.8. The first-order valence-electron chi connectivity index (χ1n) is 7.44. The second-order valence-electron chi connectivity index (χ2n) is 6.08. The SMILES string of the molecule is CC1CN(C)CCCN1CC(N)(C(=O)O)c1ccccc1. The van der Waals surface area contributed by atoms with Crippen molar-refractivity contribution >= 4 is 5.97 Å². The molecule has 0 saturated carbocycles. The van der Waals surface area contributed by atoms with Gasteiger partial charge in [-0.25, -0.2) is 4.79 Å². The molecule has 2 rings (SSSR count). The van der Waals surface area contributed by atoms with Crippen LogP contribution in [0.3, 0.4) is 0 Å². The molecule has 0 bridgehead atoms. The Hall–Kier alpha value is -1.43. The second kappa shape index (κ2) is 6.56. The van der Waals surface area contributed by atoms with E-state index in [2.05, 4.69) is 23.8 Å². The number of carboxylic acid groups (broad SMARTS) is 1. The van der Waals surface area contributed by atoms with E-state index in [0.29, 0.717) is 18.2 Å². The van der Waals surface area contributed by atoms with Gasteiger partial charge in [0.1, 0.15) is 0 Å². The summed E-state index contributed by atoms with van der Waals surface area (Å²) in [4.78, 5) is 16.3. The molecule has 1 aromatic rings. The van der Waals surface area contributed by atoms with E-state index in [-0.39, 0.29) is 0 Å². The van der Waals surface area contributed by atoms with Crippen LogP contribution in [0, 0.1) is 0 Å². The highest BCUT2D eigenvalue weighted by molar-refractivity contribution is 5.80. The maximum absolute atomic E-state index is 11.8. The molecule has 1 aromatic carbocycles. The summed E-state index contributed by atoms with van der Waals surface area (Å²) in [6.45, 7) is 5.32. The molecule has 0 aromatic heterocycles. The summed E-state index contributed by atoms with van der Waals surface area (Å²) in [5.74, 6) is -0.974. The molecule has 21 heavy (non-hydrogen) atoms. The van der Waals surface area contributed by atoms with Gasteiger partial charge in [-0.1, -0.05) is 30.3 Å². The normalized spacial score (nSPS) is 24.2. The summed E-state index contributed by atoms with van der Waals surface area (Å²) < 4.78 is 0.